The van der Waals surface area contributed by atoms with Crippen molar-refractivity contribution in [3.63, 3.8) is 0 Å². The Bertz CT molecular complexity index is 546. The summed E-state index contributed by atoms with van der Waals surface area (Å²) in [6, 6.07) is 7.39. The molecule has 1 aromatic carbocycles. The third kappa shape index (κ3) is 3.01. The molecule has 0 aliphatic rings. The highest BCUT2D eigenvalue weighted by Gasteiger charge is 2.09. The van der Waals surface area contributed by atoms with E-state index in [0.717, 1.165) is 24.4 Å². The number of aryl methyl sites for hydroxylation is 2. The Kier molecular flexibility index (Phi) is 4.32. The number of anilines is 1. The molecular weight excluding hydrogens is 262 g/mol. The number of nitrogen functional groups attached to an aromatic ring is 1. The highest BCUT2D eigenvalue weighted by Crippen LogP contribution is 2.31. The van der Waals surface area contributed by atoms with E-state index in [-0.39, 0.29) is 0 Å². The average molecular weight is 280 g/mol. The molecule has 1 aromatic heterocycles. The molecule has 2 rings (SSSR count). The lowest BCUT2D eigenvalue weighted by Gasteiger charge is -2.11. The molecule has 0 atom stereocenters. The summed E-state index contributed by atoms with van der Waals surface area (Å²) in [5.74, 6) is 0.533. The van der Waals surface area contributed by atoms with Gasteiger partial charge < -0.3 is 10.5 Å². The minimum absolute atomic E-state index is 0.411. The van der Waals surface area contributed by atoms with Crippen molar-refractivity contribution >= 4 is 17.3 Å². The van der Waals surface area contributed by atoms with Crippen molar-refractivity contribution in [3.05, 3.63) is 40.7 Å². The van der Waals surface area contributed by atoms with Gasteiger partial charge in [-0.05, 0) is 31.5 Å². The van der Waals surface area contributed by atoms with Crippen LogP contribution in [-0.2, 0) is 19.6 Å². The van der Waals surface area contributed by atoms with E-state index < -0.39 is 0 Å². The van der Waals surface area contributed by atoms with Gasteiger partial charge in [0.15, 0.2) is 5.75 Å². The van der Waals surface area contributed by atoms with Gasteiger partial charge in [-0.25, -0.2) is 0 Å². The smallest absolute Gasteiger partial charge is 0.161 e. The molecule has 0 spiro atoms. The van der Waals surface area contributed by atoms with E-state index in [9.17, 15) is 0 Å². The van der Waals surface area contributed by atoms with Crippen molar-refractivity contribution in [2.24, 2.45) is 0 Å². The molecule has 0 saturated carbocycles. The fourth-order valence-electron chi connectivity index (χ4n) is 1.90. The quantitative estimate of drug-likeness (QED) is 0.855. The zero-order valence-electron chi connectivity index (χ0n) is 11.2. The number of halogens is 1. The first-order valence-corrected chi connectivity index (χ1v) is 6.75. The summed E-state index contributed by atoms with van der Waals surface area (Å²) in [5, 5.41) is 5.00. The van der Waals surface area contributed by atoms with Gasteiger partial charge in [-0.2, -0.15) is 5.10 Å². The number of nitrogens with zero attached hydrogens (tertiary/aromatic N) is 2. The van der Waals surface area contributed by atoms with Gasteiger partial charge in [0.1, 0.15) is 6.61 Å². The molecule has 2 N–H and O–H groups in total. The summed E-state index contributed by atoms with van der Waals surface area (Å²) in [7, 11) is 0. The predicted molar refractivity (Wildman–Crippen MR) is 77.5 cm³/mol. The first kappa shape index (κ1) is 13.7. The normalized spacial score (nSPS) is 10.7. The molecule has 0 bridgehead atoms. The maximum atomic E-state index is 6.07. The summed E-state index contributed by atoms with van der Waals surface area (Å²) in [6.07, 6.45) is 0.911. The van der Waals surface area contributed by atoms with Crippen molar-refractivity contribution in [1.29, 1.82) is 0 Å². The molecule has 19 heavy (non-hydrogen) atoms. The van der Waals surface area contributed by atoms with Crippen LogP contribution in [0.1, 0.15) is 25.2 Å². The Hall–Kier alpha value is -1.68. The maximum absolute atomic E-state index is 6.07. The Morgan fingerprint density at radius 2 is 2.16 bits per heavy atom. The number of aromatic nitrogens is 2. The molecule has 5 heteroatoms. The Morgan fingerprint density at radius 3 is 2.79 bits per heavy atom. The van der Waals surface area contributed by atoms with E-state index in [1.54, 1.807) is 18.2 Å². The molecule has 0 fully saturated rings. The van der Waals surface area contributed by atoms with Gasteiger partial charge in [0.05, 0.1) is 22.1 Å². The van der Waals surface area contributed by atoms with Gasteiger partial charge in [0.25, 0.3) is 0 Å². The molecule has 0 radical (unpaired) electrons. The van der Waals surface area contributed by atoms with E-state index >= 15 is 0 Å². The fourth-order valence-corrected chi connectivity index (χ4v) is 2.14. The number of ether oxygens (including phenoxy) is 1. The third-order valence-corrected chi connectivity index (χ3v) is 3.24. The van der Waals surface area contributed by atoms with Gasteiger partial charge in [0, 0.05) is 6.54 Å². The van der Waals surface area contributed by atoms with Crippen LogP contribution in [0.3, 0.4) is 0 Å². The van der Waals surface area contributed by atoms with Crippen LogP contribution in [0, 0.1) is 0 Å². The van der Waals surface area contributed by atoms with E-state index in [2.05, 4.69) is 25.0 Å². The molecule has 0 saturated heterocycles. The molecule has 102 valence electrons. The number of nitrogens with two attached hydrogens (primary N) is 1. The molecule has 0 aliphatic carbocycles. The molecule has 0 amide bonds. The van der Waals surface area contributed by atoms with Crippen LogP contribution < -0.4 is 10.5 Å². The highest BCUT2D eigenvalue weighted by atomic mass is 35.5. The highest BCUT2D eigenvalue weighted by molar-refractivity contribution is 6.32. The van der Waals surface area contributed by atoms with Crippen LogP contribution in [-0.4, -0.2) is 9.78 Å². The minimum atomic E-state index is 0.411. The summed E-state index contributed by atoms with van der Waals surface area (Å²) < 4.78 is 7.67. The van der Waals surface area contributed by atoms with Crippen molar-refractivity contribution < 1.29 is 4.74 Å². The molecular formula is C14H18ClN3O. The Morgan fingerprint density at radius 1 is 1.37 bits per heavy atom. The number of hydrogen-bond donors (Lipinski definition) is 1. The molecule has 1 heterocycles. The van der Waals surface area contributed by atoms with Crippen LogP contribution in [0.2, 0.25) is 5.02 Å². The first-order chi connectivity index (χ1) is 9.15. The second-order valence-electron chi connectivity index (χ2n) is 4.24. The van der Waals surface area contributed by atoms with Crippen molar-refractivity contribution in [2.75, 3.05) is 5.73 Å². The first-order valence-electron chi connectivity index (χ1n) is 6.38. The maximum Gasteiger partial charge on any atom is 0.161 e. The number of rotatable bonds is 5. The van der Waals surface area contributed by atoms with Gasteiger partial charge in [-0.3, -0.25) is 4.68 Å². The lowest BCUT2D eigenvalue weighted by Crippen LogP contribution is -2.07. The topological polar surface area (TPSA) is 53.1 Å². The zero-order valence-corrected chi connectivity index (χ0v) is 11.9. The van der Waals surface area contributed by atoms with E-state index in [0.29, 0.717) is 23.1 Å². The fraction of sp³-hybridized carbons (Fsp3) is 0.357. The van der Waals surface area contributed by atoms with E-state index in [1.807, 2.05) is 4.68 Å². The summed E-state index contributed by atoms with van der Waals surface area (Å²) in [6.45, 7) is 5.37. The van der Waals surface area contributed by atoms with Gasteiger partial charge in [-0.15, -0.1) is 0 Å². The molecule has 2 aromatic rings. The largest absolute Gasteiger partial charge is 0.484 e. The van der Waals surface area contributed by atoms with E-state index in [1.165, 1.54) is 0 Å². The summed E-state index contributed by atoms with van der Waals surface area (Å²) in [4.78, 5) is 0. The van der Waals surface area contributed by atoms with Gasteiger partial charge in [-0.1, -0.05) is 24.6 Å². The predicted octanol–water partition coefficient (Wildman–Crippen LogP) is 3.28. The second-order valence-corrected chi connectivity index (χ2v) is 4.65. The average Bonchev–Trinajstić information content (AvgIpc) is 2.80. The van der Waals surface area contributed by atoms with Crippen molar-refractivity contribution in [1.82, 2.24) is 9.78 Å². The Balaban J connectivity index is 2.16. The lowest BCUT2D eigenvalue weighted by atomic mass is 10.3. The monoisotopic (exact) mass is 279 g/mol. The Labute approximate surface area is 118 Å². The van der Waals surface area contributed by atoms with Crippen LogP contribution in [0.25, 0.3) is 0 Å². The van der Waals surface area contributed by atoms with Crippen molar-refractivity contribution in [3.8, 4) is 5.75 Å². The van der Waals surface area contributed by atoms with Crippen molar-refractivity contribution in [2.45, 2.75) is 33.4 Å². The minimum Gasteiger partial charge on any atom is -0.484 e. The van der Waals surface area contributed by atoms with Crippen LogP contribution in [0.5, 0.6) is 5.75 Å². The van der Waals surface area contributed by atoms with Crippen LogP contribution in [0.4, 0.5) is 5.69 Å². The number of para-hydroxylation sites is 1. The van der Waals surface area contributed by atoms with Crippen LogP contribution in [0.15, 0.2) is 24.3 Å². The standard InChI is InChI=1S/C14H18ClN3O/c1-3-10-8-11(18(4-2)17-10)9-19-14-12(15)6-5-7-13(14)16/h5-8H,3-4,9,16H2,1-2H3. The number of hydrogen-bond acceptors (Lipinski definition) is 3. The van der Waals surface area contributed by atoms with E-state index in [4.69, 9.17) is 22.1 Å². The van der Waals surface area contributed by atoms with Gasteiger partial charge in [0.2, 0.25) is 0 Å². The third-order valence-electron chi connectivity index (χ3n) is 2.94. The lowest BCUT2D eigenvalue weighted by molar-refractivity contribution is 0.294. The molecule has 0 aliphatic heterocycles. The zero-order chi connectivity index (χ0) is 13.8. The summed E-state index contributed by atoms with van der Waals surface area (Å²) in [5.41, 5.74) is 8.49. The second kappa shape index (κ2) is 5.97. The van der Waals surface area contributed by atoms with Crippen LogP contribution >= 0.6 is 11.6 Å². The summed E-state index contributed by atoms with van der Waals surface area (Å²) >= 11 is 6.07. The van der Waals surface area contributed by atoms with Gasteiger partial charge >= 0.3 is 0 Å². The molecule has 4 nitrogen and oxygen atoms in total. The number of benzene rings is 1. The SMILES string of the molecule is CCc1cc(COc2c(N)cccc2Cl)n(CC)n1. The molecule has 0 unspecified atom stereocenters.